The zero-order valence-corrected chi connectivity index (χ0v) is 12.6. The molecule has 1 aliphatic heterocycles. The van der Waals surface area contributed by atoms with Crippen LogP contribution < -0.4 is 16.5 Å². The lowest BCUT2D eigenvalue weighted by molar-refractivity contribution is 0.00578. The van der Waals surface area contributed by atoms with Crippen molar-refractivity contribution in [2.75, 3.05) is 5.32 Å². The third-order valence-corrected chi connectivity index (χ3v) is 4.05. The van der Waals surface area contributed by atoms with Gasteiger partial charge in [0.25, 0.3) is 0 Å². The molecular formula is C14H21BN2O3. The molecule has 0 unspecified atom stereocenters. The number of benzene rings is 1. The van der Waals surface area contributed by atoms with Crippen molar-refractivity contribution >= 4 is 24.3 Å². The molecule has 1 fully saturated rings. The number of carbonyl (C=O) groups excluding carboxylic acids is 1. The van der Waals surface area contributed by atoms with Crippen LogP contribution in [0.5, 0.6) is 0 Å². The predicted molar refractivity (Wildman–Crippen MR) is 80.1 cm³/mol. The fourth-order valence-corrected chi connectivity index (χ4v) is 2.08. The molecule has 20 heavy (non-hydrogen) atoms. The van der Waals surface area contributed by atoms with E-state index in [1.165, 1.54) is 0 Å². The molecule has 0 spiro atoms. The van der Waals surface area contributed by atoms with Gasteiger partial charge in [-0.15, -0.1) is 0 Å². The average molecular weight is 276 g/mol. The Morgan fingerprint density at radius 1 is 1.20 bits per heavy atom. The maximum atomic E-state index is 10.9. The first-order valence-corrected chi connectivity index (χ1v) is 6.65. The van der Waals surface area contributed by atoms with E-state index in [-0.39, 0.29) is 0 Å². The van der Waals surface area contributed by atoms with Crippen molar-refractivity contribution in [1.29, 1.82) is 0 Å². The molecule has 0 aliphatic carbocycles. The van der Waals surface area contributed by atoms with Crippen molar-refractivity contribution in [3.05, 3.63) is 23.8 Å². The SMILES string of the molecule is Cc1ccc(NC(N)=O)cc1B1OC(C)(C)C(C)(C)O1. The number of nitrogens with one attached hydrogen (secondary N) is 1. The molecule has 3 N–H and O–H groups in total. The fourth-order valence-electron chi connectivity index (χ4n) is 2.08. The minimum Gasteiger partial charge on any atom is -0.399 e. The number of hydrogen-bond donors (Lipinski definition) is 2. The minimum atomic E-state index is -0.589. The van der Waals surface area contributed by atoms with Crippen LogP contribution in [0.25, 0.3) is 0 Å². The van der Waals surface area contributed by atoms with Crippen molar-refractivity contribution in [3.8, 4) is 0 Å². The summed E-state index contributed by atoms with van der Waals surface area (Å²) in [6, 6.07) is 4.96. The molecule has 2 rings (SSSR count). The van der Waals surface area contributed by atoms with E-state index in [0.717, 1.165) is 11.0 Å². The lowest BCUT2D eigenvalue weighted by Gasteiger charge is -2.32. The largest absolute Gasteiger partial charge is 0.495 e. The number of rotatable bonds is 2. The van der Waals surface area contributed by atoms with Crippen LogP contribution in [-0.2, 0) is 9.31 Å². The Balaban J connectivity index is 2.32. The molecule has 0 atom stereocenters. The van der Waals surface area contributed by atoms with Crippen molar-refractivity contribution in [1.82, 2.24) is 0 Å². The van der Waals surface area contributed by atoms with Crippen LogP contribution in [0, 0.1) is 6.92 Å². The van der Waals surface area contributed by atoms with Gasteiger partial charge in [0, 0.05) is 5.69 Å². The topological polar surface area (TPSA) is 73.6 Å². The number of anilines is 1. The number of hydrogen-bond acceptors (Lipinski definition) is 3. The maximum Gasteiger partial charge on any atom is 0.495 e. The van der Waals surface area contributed by atoms with E-state index in [0.29, 0.717) is 5.69 Å². The van der Waals surface area contributed by atoms with Gasteiger partial charge in [-0.3, -0.25) is 0 Å². The Morgan fingerprint density at radius 3 is 2.25 bits per heavy atom. The molecule has 1 aromatic rings. The van der Waals surface area contributed by atoms with Crippen LogP contribution in [0.15, 0.2) is 18.2 Å². The summed E-state index contributed by atoms with van der Waals surface area (Å²) in [6.07, 6.45) is 0. The lowest BCUT2D eigenvalue weighted by Crippen LogP contribution is -2.41. The molecule has 6 heteroatoms. The molecule has 0 aromatic heterocycles. The highest BCUT2D eigenvalue weighted by Crippen LogP contribution is 2.36. The number of primary amides is 1. The highest BCUT2D eigenvalue weighted by molar-refractivity contribution is 6.62. The van der Waals surface area contributed by atoms with Crippen LogP contribution in [0.2, 0.25) is 0 Å². The Kier molecular flexibility index (Phi) is 3.56. The van der Waals surface area contributed by atoms with E-state index in [4.69, 9.17) is 15.0 Å². The second-order valence-corrected chi connectivity index (χ2v) is 6.15. The third kappa shape index (κ3) is 2.67. The van der Waals surface area contributed by atoms with Crippen molar-refractivity contribution < 1.29 is 14.1 Å². The summed E-state index contributed by atoms with van der Waals surface area (Å²) in [5, 5.41) is 2.57. The van der Waals surface area contributed by atoms with E-state index < -0.39 is 24.4 Å². The van der Waals surface area contributed by atoms with Gasteiger partial charge in [0.1, 0.15) is 0 Å². The highest BCUT2D eigenvalue weighted by atomic mass is 16.7. The van der Waals surface area contributed by atoms with Crippen LogP contribution in [0.3, 0.4) is 0 Å². The molecule has 5 nitrogen and oxygen atoms in total. The van der Waals surface area contributed by atoms with Crippen LogP contribution in [-0.4, -0.2) is 24.4 Å². The molecule has 1 heterocycles. The first-order chi connectivity index (χ1) is 9.12. The first-order valence-electron chi connectivity index (χ1n) is 6.65. The fraction of sp³-hybridized carbons (Fsp3) is 0.500. The summed E-state index contributed by atoms with van der Waals surface area (Å²) in [4.78, 5) is 10.9. The summed E-state index contributed by atoms with van der Waals surface area (Å²) in [5.41, 5.74) is 6.93. The molecule has 1 aliphatic rings. The van der Waals surface area contributed by atoms with Gasteiger partial charge in [0.2, 0.25) is 0 Å². The van der Waals surface area contributed by atoms with Gasteiger partial charge in [-0.05, 0) is 52.2 Å². The Labute approximate surface area is 120 Å². The zero-order chi connectivity index (χ0) is 15.1. The van der Waals surface area contributed by atoms with Gasteiger partial charge in [0.05, 0.1) is 11.2 Å². The number of carbonyl (C=O) groups is 1. The monoisotopic (exact) mass is 276 g/mol. The zero-order valence-electron chi connectivity index (χ0n) is 12.6. The standard InChI is InChI=1S/C14H21BN2O3/c1-9-6-7-10(17-12(16)18)8-11(9)15-19-13(2,3)14(4,5)20-15/h6-8H,1-5H3,(H3,16,17,18). The molecule has 108 valence electrons. The number of amides is 2. The van der Waals surface area contributed by atoms with Gasteiger partial charge in [-0.2, -0.15) is 0 Å². The van der Waals surface area contributed by atoms with Crippen molar-refractivity contribution in [2.24, 2.45) is 5.73 Å². The third-order valence-electron chi connectivity index (χ3n) is 4.05. The Hall–Kier alpha value is -1.53. The van der Waals surface area contributed by atoms with E-state index in [2.05, 4.69) is 5.32 Å². The number of urea groups is 1. The number of nitrogens with two attached hydrogens (primary N) is 1. The summed E-state index contributed by atoms with van der Waals surface area (Å²) in [7, 11) is -0.449. The van der Waals surface area contributed by atoms with E-state index in [1.54, 1.807) is 6.07 Å². The van der Waals surface area contributed by atoms with Crippen molar-refractivity contribution in [3.63, 3.8) is 0 Å². The van der Waals surface area contributed by atoms with Gasteiger partial charge in [-0.25, -0.2) is 4.79 Å². The average Bonchev–Trinajstić information content (AvgIpc) is 2.50. The van der Waals surface area contributed by atoms with Gasteiger partial charge in [-0.1, -0.05) is 11.6 Å². The summed E-state index contributed by atoms with van der Waals surface area (Å²) in [6.45, 7) is 10.0. The highest BCUT2D eigenvalue weighted by Gasteiger charge is 2.52. The second-order valence-electron chi connectivity index (χ2n) is 6.15. The molecule has 1 aromatic carbocycles. The minimum absolute atomic E-state index is 0.392. The van der Waals surface area contributed by atoms with Gasteiger partial charge >= 0.3 is 13.1 Å². The molecule has 2 amide bonds. The Bertz CT molecular complexity index is 527. The van der Waals surface area contributed by atoms with Crippen LogP contribution in [0.4, 0.5) is 10.5 Å². The van der Waals surface area contributed by atoms with Crippen LogP contribution >= 0.6 is 0 Å². The quantitative estimate of drug-likeness (QED) is 0.809. The first kappa shape index (κ1) is 14.9. The lowest BCUT2D eigenvalue weighted by atomic mass is 9.76. The summed E-state index contributed by atoms with van der Waals surface area (Å²) < 4.78 is 12.0. The number of aryl methyl sites for hydroxylation is 1. The Morgan fingerprint density at radius 2 is 1.75 bits per heavy atom. The second kappa shape index (κ2) is 4.79. The van der Waals surface area contributed by atoms with E-state index >= 15 is 0 Å². The maximum absolute atomic E-state index is 10.9. The van der Waals surface area contributed by atoms with Gasteiger partial charge < -0.3 is 20.4 Å². The van der Waals surface area contributed by atoms with Gasteiger partial charge in [0.15, 0.2) is 0 Å². The molecule has 0 saturated carbocycles. The van der Waals surface area contributed by atoms with E-state index in [9.17, 15) is 4.79 Å². The van der Waals surface area contributed by atoms with Crippen molar-refractivity contribution in [2.45, 2.75) is 45.8 Å². The summed E-state index contributed by atoms with van der Waals surface area (Å²) >= 11 is 0. The molecular weight excluding hydrogens is 255 g/mol. The van der Waals surface area contributed by atoms with E-state index in [1.807, 2.05) is 46.8 Å². The summed E-state index contributed by atoms with van der Waals surface area (Å²) in [5.74, 6) is 0. The molecule has 1 saturated heterocycles. The normalized spacial score (nSPS) is 19.9. The molecule has 0 radical (unpaired) electrons. The smallest absolute Gasteiger partial charge is 0.399 e. The van der Waals surface area contributed by atoms with Crippen LogP contribution in [0.1, 0.15) is 33.3 Å². The predicted octanol–water partition coefficient (Wildman–Crippen LogP) is 1.78. The molecule has 0 bridgehead atoms.